The fourth-order valence-corrected chi connectivity index (χ4v) is 4.95. The summed E-state index contributed by atoms with van der Waals surface area (Å²) in [6.07, 6.45) is -4.61. The van der Waals surface area contributed by atoms with Crippen LogP contribution in [0.5, 0.6) is 5.75 Å². The Morgan fingerprint density at radius 1 is 0.907 bits per heavy atom. The predicted molar refractivity (Wildman–Crippen MR) is 159 cm³/mol. The minimum Gasteiger partial charge on any atom is -0.505 e. The molecule has 0 spiro atoms. The van der Waals surface area contributed by atoms with E-state index in [9.17, 15) is 33.0 Å². The van der Waals surface area contributed by atoms with Gasteiger partial charge in [-0.25, -0.2) is 0 Å². The highest BCUT2D eigenvalue weighted by Crippen LogP contribution is 2.42. The Kier molecular flexibility index (Phi) is 7.47. The molecule has 0 radical (unpaired) electrons. The van der Waals surface area contributed by atoms with Crippen molar-refractivity contribution in [1.29, 1.82) is 0 Å². The average molecular weight is 588 g/mol. The summed E-state index contributed by atoms with van der Waals surface area (Å²) >= 11 is 0. The van der Waals surface area contributed by atoms with Gasteiger partial charge in [-0.15, -0.1) is 0 Å². The van der Waals surface area contributed by atoms with Crippen LogP contribution in [0.25, 0.3) is 11.1 Å². The van der Waals surface area contributed by atoms with Crippen LogP contribution in [-0.4, -0.2) is 27.8 Å². The Morgan fingerprint density at radius 2 is 1.60 bits per heavy atom. The van der Waals surface area contributed by atoms with Gasteiger partial charge in [-0.3, -0.25) is 19.9 Å². The smallest absolute Gasteiger partial charge is 0.416 e. The number of anilines is 3. The standard InChI is InChI=1S/C33H28F3N3O4/c1-17-13-26(22-8-6-21(7-9-22)20(4)32(42)43)30(40)27(14-17)37-38-29-25-12-10-23(33(34,35)36)16-28(25)39(31(29)41)24-11-5-18(2)19(3)15-24/h5-16,20,37,40H,1-4H3,(H,42,43). The van der Waals surface area contributed by atoms with E-state index < -0.39 is 29.5 Å². The maximum atomic E-state index is 13.7. The van der Waals surface area contributed by atoms with Crippen LogP contribution in [0.15, 0.2) is 77.9 Å². The number of hydrazone groups is 1. The second kappa shape index (κ2) is 10.9. The molecule has 0 fully saturated rings. The van der Waals surface area contributed by atoms with Crippen molar-refractivity contribution in [2.75, 3.05) is 10.3 Å². The first-order chi connectivity index (χ1) is 20.3. The number of nitrogens with zero attached hydrogens (tertiary/aromatic N) is 2. The van der Waals surface area contributed by atoms with Crippen molar-refractivity contribution < 1.29 is 33.0 Å². The second-order valence-electron chi connectivity index (χ2n) is 10.6. The average Bonchev–Trinajstić information content (AvgIpc) is 3.24. The van der Waals surface area contributed by atoms with Gasteiger partial charge in [-0.05, 0) is 98.0 Å². The number of aliphatic carboxylic acids is 1. The van der Waals surface area contributed by atoms with E-state index in [0.717, 1.165) is 28.8 Å². The highest BCUT2D eigenvalue weighted by atomic mass is 19.4. The molecule has 7 nitrogen and oxygen atoms in total. The molecule has 1 atom stereocenters. The Bertz CT molecular complexity index is 1800. The Morgan fingerprint density at radius 3 is 2.23 bits per heavy atom. The Labute approximate surface area is 245 Å². The van der Waals surface area contributed by atoms with E-state index in [-0.39, 0.29) is 28.4 Å². The van der Waals surface area contributed by atoms with Crippen molar-refractivity contribution in [3.63, 3.8) is 0 Å². The van der Waals surface area contributed by atoms with Crippen LogP contribution in [0.1, 0.15) is 46.2 Å². The number of hydrogen-bond acceptors (Lipinski definition) is 5. The van der Waals surface area contributed by atoms with E-state index in [2.05, 4.69) is 10.5 Å². The van der Waals surface area contributed by atoms with Crippen LogP contribution in [0.3, 0.4) is 0 Å². The molecule has 0 saturated carbocycles. The fourth-order valence-electron chi connectivity index (χ4n) is 4.95. The van der Waals surface area contributed by atoms with Crippen LogP contribution >= 0.6 is 0 Å². The molecule has 0 bridgehead atoms. The van der Waals surface area contributed by atoms with E-state index in [1.807, 2.05) is 13.8 Å². The Balaban J connectivity index is 1.54. The summed E-state index contributed by atoms with van der Waals surface area (Å²) < 4.78 is 40.9. The minimum atomic E-state index is -4.61. The molecular formula is C33H28F3N3O4. The van der Waals surface area contributed by atoms with E-state index in [1.165, 1.54) is 11.0 Å². The first-order valence-electron chi connectivity index (χ1n) is 13.4. The van der Waals surface area contributed by atoms with Gasteiger partial charge >= 0.3 is 12.1 Å². The van der Waals surface area contributed by atoms with Crippen molar-refractivity contribution in [2.45, 2.75) is 39.8 Å². The van der Waals surface area contributed by atoms with E-state index in [1.54, 1.807) is 68.4 Å². The molecule has 0 aromatic heterocycles. The summed E-state index contributed by atoms with van der Waals surface area (Å²) in [5.41, 5.74) is 6.84. The lowest BCUT2D eigenvalue weighted by molar-refractivity contribution is -0.138. The van der Waals surface area contributed by atoms with E-state index in [4.69, 9.17) is 0 Å². The van der Waals surface area contributed by atoms with Gasteiger partial charge in [0.15, 0.2) is 5.71 Å². The SMILES string of the molecule is Cc1cc(NN=C2C(=O)N(c3ccc(C)c(C)c3)c3cc(C(F)(F)F)ccc32)c(O)c(-c2ccc(C(C)C(=O)O)cc2)c1. The normalized spacial score (nSPS) is 14.6. The zero-order valence-corrected chi connectivity index (χ0v) is 23.7. The summed E-state index contributed by atoms with van der Waals surface area (Å²) in [4.78, 5) is 26.2. The van der Waals surface area contributed by atoms with Crippen LogP contribution in [-0.2, 0) is 15.8 Å². The number of halogens is 3. The summed E-state index contributed by atoms with van der Waals surface area (Å²) in [6.45, 7) is 7.13. The largest absolute Gasteiger partial charge is 0.505 e. The number of nitrogens with one attached hydrogen (secondary N) is 1. The van der Waals surface area contributed by atoms with Crippen molar-refractivity contribution in [2.24, 2.45) is 5.10 Å². The number of carbonyl (C=O) groups excluding carboxylic acids is 1. The molecule has 3 N–H and O–H groups in total. The van der Waals surface area contributed by atoms with Gasteiger partial charge < -0.3 is 10.2 Å². The van der Waals surface area contributed by atoms with Gasteiger partial charge in [0, 0.05) is 16.8 Å². The molecule has 220 valence electrons. The third-order valence-electron chi connectivity index (χ3n) is 7.61. The monoisotopic (exact) mass is 587 g/mol. The first-order valence-corrected chi connectivity index (χ1v) is 13.4. The third-order valence-corrected chi connectivity index (χ3v) is 7.61. The molecule has 10 heteroatoms. The summed E-state index contributed by atoms with van der Waals surface area (Å²) in [7, 11) is 0. The number of carboxylic acids is 1. The number of amides is 1. The van der Waals surface area contributed by atoms with Crippen LogP contribution in [0.2, 0.25) is 0 Å². The number of alkyl halides is 3. The quantitative estimate of drug-likeness (QED) is 0.159. The fraction of sp³-hybridized carbons (Fsp3) is 0.182. The summed E-state index contributed by atoms with van der Waals surface area (Å²) in [6, 6.07) is 18.4. The number of aromatic hydroxyl groups is 1. The Hall–Kier alpha value is -5.12. The van der Waals surface area contributed by atoms with Gasteiger partial charge in [0.25, 0.3) is 5.91 Å². The first kappa shape index (κ1) is 29.4. The van der Waals surface area contributed by atoms with Gasteiger partial charge in [0.2, 0.25) is 0 Å². The number of phenols is 1. The zero-order valence-electron chi connectivity index (χ0n) is 23.7. The topological polar surface area (TPSA) is 102 Å². The molecule has 1 amide bonds. The lowest BCUT2D eigenvalue weighted by atomic mass is 9.96. The molecule has 4 aromatic rings. The number of hydrogen-bond donors (Lipinski definition) is 3. The number of fused-ring (bicyclic) bond motifs is 1. The highest BCUT2D eigenvalue weighted by Gasteiger charge is 2.39. The maximum absolute atomic E-state index is 13.7. The van der Waals surface area contributed by atoms with Crippen molar-refractivity contribution in [3.8, 4) is 16.9 Å². The summed E-state index contributed by atoms with van der Waals surface area (Å²) in [5.74, 6) is -2.44. The molecule has 5 rings (SSSR count). The van der Waals surface area contributed by atoms with E-state index in [0.29, 0.717) is 22.4 Å². The second-order valence-corrected chi connectivity index (χ2v) is 10.6. The number of carbonyl (C=O) groups is 2. The molecule has 4 aromatic carbocycles. The summed E-state index contributed by atoms with van der Waals surface area (Å²) in [5, 5.41) is 24.7. The highest BCUT2D eigenvalue weighted by molar-refractivity contribution is 6.55. The van der Waals surface area contributed by atoms with Gasteiger partial charge in [-0.2, -0.15) is 18.3 Å². The molecule has 1 heterocycles. The van der Waals surface area contributed by atoms with Gasteiger partial charge in [0.05, 0.1) is 22.9 Å². The van der Waals surface area contributed by atoms with Gasteiger partial charge in [-0.1, -0.05) is 30.3 Å². The van der Waals surface area contributed by atoms with Crippen LogP contribution in [0, 0.1) is 20.8 Å². The number of rotatable bonds is 6. The predicted octanol–water partition coefficient (Wildman–Crippen LogP) is 7.69. The van der Waals surface area contributed by atoms with E-state index >= 15 is 0 Å². The van der Waals surface area contributed by atoms with Crippen LogP contribution in [0.4, 0.5) is 30.2 Å². The maximum Gasteiger partial charge on any atom is 0.416 e. The zero-order chi connectivity index (χ0) is 31.2. The van der Waals surface area contributed by atoms with Crippen LogP contribution < -0.4 is 10.3 Å². The molecule has 1 aliphatic rings. The van der Waals surface area contributed by atoms with Crippen molar-refractivity contribution in [1.82, 2.24) is 0 Å². The lowest BCUT2D eigenvalue weighted by Gasteiger charge is -2.19. The number of benzene rings is 4. The van der Waals surface area contributed by atoms with Gasteiger partial charge in [0.1, 0.15) is 5.75 Å². The molecule has 0 aliphatic carbocycles. The van der Waals surface area contributed by atoms with Crippen molar-refractivity contribution in [3.05, 3.63) is 106 Å². The molecule has 1 aliphatic heterocycles. The minimum absolute atomic E-state index is 0.0495. The molecule has 43 heavy (non-hydrogen) atoms. The number of carboxylic acid groups (broad SMARTS) is 1. The molecule has 0 saturated heterocycles. The molecule has 1 unspecified atom stereocenters. The molecular weight excluding hydrogens is 559 g/mol. The van der Waals surface area contributed by atoms with Crippen molar-refractivity contribution >= 4 is 34.7 Å². The third kappa shape index (κ3) is 5.55. The number of phenolic OH excluding ortho intramolecular Hbond substituents is 1. The lowest BCUT2D eigenvalue weighted by Crippen LogP contribution is -2.26. The number of aryl methyl sites for hydroxylation is 3.